The minimum absolute atomic E-state index is 0.268. The number of aldehydes is 1. The van der Waals surface area contributed by atoms with E-state index in [0.29, 0.717) is 23.2 Å². The van der Waals surface area contributed by atoms with E-state index in [4.69, 9.17) is 9.47 Å². The van der Waals surface area contributed by atoms with E-state index in [1.165, 1.54) is 14.0 Å². The lowest BCUT2D eigenvalue weighted by Gasteiger charge is -2.14. The number of benzene rings is 1. The van der Waals surface area contributed by atoms with Gasteiger partial charge in [0.2, 0.25) is 0 Å². The van der Waals surface area contributed by atoms with Gasteiger partial charge in [-0.25, -0.2) is 0 Å². The molecular weight excluding hydrogens is 208 g/mol. The highest BCUT2D eigenvalue weighted by atomic mass is 16.5. The Morgan fingerprint density at radius 3 is 2.38 bits per heavy atom. The van der Waals surface area contributed by atoms with E-state index < -0.39 is 5.97 Å². The van der Waals surface area contributed by atoms with Crippen LogP contribution in [0, 0.1) is 13.8 Å². The molecule has 0 aliphatic heterocycles. The maximum absolute atomic E-state index is 10.9. The lowest BCUT2D eigenvalue weighted by atomic mass is 10.0. The highest BCUT2D eigenvalue weighted by Gasteiger charge is 2.16. The van der Waals surface area contributed by atoms with Gasteiger partial charge in [0.1, 0.15) is 11.5 Å². The van der Waals surface area contributed by atoms with Crippen molar-refractivity contribution in [3.8, 4) is 11.5 Å². The van der Waals surface area contributed by atoms with Crippen molar-refractivity contribution >= 4 is 12.3 Å². The SMILES string of the molecule is COc1c(C)cc(C=O)c(OC(C)=O)c1C. The number of carbonyl (C=O) groups excluding carboxylic acids is 2. The number of esters is 1. The number of rotatable bonds is 3. The van der Waals surface area contributed by atoms with E-state index in [0.717, 1.165) is 5.56 Å². The maximum atomic E-state index is 10.9. The Balaban J connectivity index is 3.42. The van der Waals surface area contributed by atoms with Crippen molar-refractivity contribution < 1.29 is 19.1 Å². The summed E-state index contributed by atoms with van der Waals surface area (Å²) in [6.45, 7) is 4.87. The number of methoxy groups -OCH3 is 1. The first-order valence-corrected chi connectivity index (χ1v) is 4.83. The quantitative estimate of drug-likeness (QED) is 0.446. The van der Waals surface area contributed by atoms with E-state index >= 15 is 0 Å². The van der Waals surface area contributed by atoms with Gasteiger partial charge < -0.3 is 9.47 Å². The molecule has 0 atom stereocenters. The lowest BCUT2D eigenvalue weighted by molar-refractivity contribution is -0.131. The van der Waals surface area contributed by atoms with Gasteiger partial charge in [-0.3, -0.25) is 9.59 Å². The molecule has 0 fully saturated rings. The van der Waals surface area contributed by atoms with Crippen molar-refractivity contribution in [2.75, 3.05) is 7.11 Å². The fourth-order valence-electron chi connectivity index (χ4n) is 1.66. The van der Waals surface area contributed by atoms with Crippen LogP contribution in [0.4, 0.5) is 0 Å². The summed E-state index contributed by atoms with van der Waals surface area (Å²) in [5, 5.41) is 0. The first kappa shape index (κ1) is 12.2. The molecule has 1 aromatic rings. The van der Waals surface area contributed by atoms with E-state index in [1.54, 1.807) is 13.0 Å². The number of hydrogen-bond acceptors (Lipinski definition) is 4. The number of ether oxygens (including phenoxy) is 2. The van der Waals surface area contributed by atoms with Gasteiger partial charge in [-0.15, -0.1) is 0 Å². The molecule has 0 aliphatic rings. The molecule has 0 aliphatic carbocycles. The number of aryl methyl sites for hydroxylation is 1. The number of hydrogen-bond donors (Lipinski definition) is 0. The van der Waals surface area contributed by atoms with Gasteiger partial charge in [0.25, 0.3) is 0 Å². The summed E-state index contributed by atoms with van der Waals surface area (Å²) in [5.74, 6) is 0.434. The van der Waals surface area contributed by atoms with Crippen LogP contribution in [0.2, 0.25) is 0 Å². The minimum atomic E-state index is -0.461. The van der Waals surface area contributed by atoms with Crippen LogP contribution in [-0.4, -0.2) is 19.4 Å². The van der Waals surface area contributed by atoms with Gasteiger partial charge in [-0.05, 0) is 25.5 Å². The molecule has 0 unspecified atom stereocenters. The second-order valence-electron chi connectivity index (χ2n) is 3.48. The van der Waals surface area contributed by atoms with Crippen molar-refractivity contribution in [3.63, 3.8) is 0 Å². The fourth-order valence-corrected chi connectivity index (χ4v) is 1.66. The third-order valence-electron chi connectivity index (χ3n) is 2.25. The topological polar surface area (TPSA) is 52.6 Å². The third kappa shape index (κ3) is 2.21. The largest absolute Gasteiger partial charge is 0.496 e. The molecule has 0 aromatic heterocycles. The smallest absolute Gasteiger partial charge is 0.308 e. The molecule has 0 amide bonds. The van der Waals surface area contributed by atoms with Gasteiger partial charge in [-0.1, -0.05) is 0 Å². The zero-order chi connectivity index (χ0) is 12.3. The van der Waals surface area contributed by atoms with Crippen LogP contribution >= 0.6 is 0 Å². The zero-order valence-electron chi connectivity index (χ0n) is 9.79. The normalized spacial score (nSPS) is 9.75. The number of carbonyl (C=O) groups is 2. The molecule has 0 saturated heterocycles. The van der Waals surface area contributed by atoms with Gasteiger partial charge in [0.05, 0.1) is 12.7 Å². The Labute approximate surface area is 94.2 Å². The van der Waals surface area contributed by atoms with Crippen LogP contribution in [0.1, 0.15) is 28.4 Å². The predicted molar refractivity (Wildman–Crippen MR) is 59.2 cm³/mol. The molecule has 4 nitrogen and oxygen atoms in total. The molecule has 1 rings (SSSR count). The second kappa shape index (κ2) is 4.79. The van der Waals surface area contributed by atoms with Crippen molar-refractivity contribution in [1.82, 2.24) is 0 Å². The highest BCUT2D eigenvalue weighted by molar-refractivity contribution is 5.84. The lowest BCUT2D eigenvalue weighted by Crippen LogP contribution is -2.07. The first-order valence-electron chi connectivity index (χ1n) is 4.83. The second-order valence-corrected chi connectivity index (χ2v) is 3.48. The summed E-state index contributed by atoms with van der Waals surface area (Å²) in [6.07, 6.45) is 0.664. The summed E-state index contributed by atoms with van der Waals surface area (Å²) in [7, 11) is 1.54. The predicted octanol–water partition coefficient (Wildman–Crippen LogP) is 2.05. The van der Waals surface area contributed by atoms with Crippen molar-refractivity contribution in [1.29, 1.82) is 0 Å². The molecule has 0 bridgehead atoms. The molecule has 4 heteroatoms. The molecule has 0 N–H and O–H groups in total. The molecule has 16 heavy (non-hydrogen) atoms. The highest BCUT2D eigenvalue weighted by Crippen LogP contribution is 2.34. The van der Waals surface area contributed by atoms with Crippen LogP contribution in [0.15, 0.2) is 6.07 Å². The average Bonchev–Trinajstić information content (AvgIpc) is 2.22. The molecule has 1 aromatic carbocycles. The standard InChI is InChI=1S/C12H14O4/c1-7-5-10(6-13)12(16-9(3)14)8(2)11(7)15-4/h5-6H,1-4H3. The summed E-state index contributed by atoms with van der Waals surface area (Å²) >= 11 is 0. The molecule has 0 spiro atoms. The molecule has 0 saturated carbocycles. The molecule has 0 heterocycles. The monoisotopic (exact) mass is 222 g/mol. The Hall–Kier alpha value is -1.84. The van der Waals surface area contributed by atoms with Crippen molar-refractivity contribution in [2.45, 2.75) is 20.8 Å². The molecule has 86 valence electrons. The van der Waals surface area contributed by atoms with Crippen LogP contribution in [0.3, 0.4) is 0 Å². The van der Waals surface area contributed by atoms with Gasteiger partial charge >= 0.3 is 5.97 Å². The van der Waals surface area contributed by atoms with Gasteiger partial charge in [0, 0.05) is 12.5 Å². The Morgan fingerprint density at radius 1 is 1.31 bits per heavy atom. The summed E-state index contributed by atoms with van der Waals surface area (Å²) in [5.41, 5.74) is 1.84. The third-order valence-corrected chi connectivity index (χ3v) is 2.25. The Kier molecular flexibility index (Phi) is 3.66. The Morgan fingerprint density at radius 2 is 1.94 bits per heavy atom. The summed E-state index contributed by atoms with van der Waals surface area (Å²) in [4.78, 5) is 21.8. The summed E-state index contributed by atoms with van der Waals surface area (Å²) < 4.78 is 10.2. The zero-order valence-corrected chi connectivity index (χ0v) is 9.79. The van der Waals surface area contributed by atoms with Crippen LogP contribution < -0.4 is 9.47 Å². The van der Waals surface area contributed by atoms with Crippen LogP contribution in [-0.2, 0) is 4.79 Å². The minimum Gasteiger partial charge on any atom is -0.496 e. The fraction of sp³-hybridized carbons (Fsp3) is 0.333. The van der Waals surface area contributed by atoms with Crippen molar-refractivity contribution in [3.05, 3.63) is 22.8 Å². The average molecular weight is 222 g/mol. The van der Waals surface area contributed by atoms with E-state index in [-0.39, 0.29) is 5.75 Å². The first-order chi connectivity index (χ1) is 7.51. The maximum Gasteiger partial charge on any atom is 0.308 e. The summed E-state index contributed by atoms with van der Waals surface area (Å²) in [6, 6.07) is 1.64. The molecule has 0 radical (unpaired) electrons. The van der Waals surface area contributed by atoms with Crippen LogP contribution in [0.25, 0.3) is 0 Å². The molecular formula is C12H14O4. The van der Waals surface area contributed by atoms with E-state index in [2.05, 4.69) is 0 Å². The van der Waals surface area contributed by atoms with Gasteiger partial charge in [0.15, 0.2) is 6.29 Å². The Bertz CT molecular complexity index is 435. The van der Waals surface area contributed by atoms with E-state index in [9.17, 15) is 9.59 Å². The van der Waals surface area contributed by atoms with Gasteiger partial charge in [-0.2, -0.15) is 0 Å². The van der Waals surface area contributed by atoms with E-state index in [1.807, 2.05) is 6.92 Å². The van der Waals surface area contributed by atoms with Crippen molar-refractivity contribution in [2.24, 2.45) is 0 Å². The van der Waals surface area contributed by atoms with Crippen LogP contribution in [0.5, 0.6) is 11.5 Å².